The molecule has 0 saturated carbocycles. The summed E-state index contributed by atoms with van der Waals surface area (Å²) in [5.74, 6) is -0.0401. The van der Waals surface area contributed by atoms with Gasteiger partial charge in [0.1, 0.15) is 16.9 Å². The second-order valence-corrected chi connectivity index (χ2v) is 4.78. The minimum atomic E-state index is -0.469. The number of hydrogen-bond acceptors (Lipinski definition) is 4. The molecule has 4 rings (SSSR count). The van der Waals surface area contributed by atoms with Crippen LogP contribution in [-0.4, -0.2) is 25.1 Å². The molecule has 0 atom stereocenters. The van der Waals surface area contributed by atoms with E-state index in [9.17, 15) is 14.5 Å². The quantitative estimate of drug-likeness (QED) is 0.438. The second kappa shape index (κ2) is 4.35. The van der Waals surface area contributed by atoms with E-state index in [1.165, 1.54) is 24.3 Å². The van der Waals surface area contributed by atoms with E-state index in [1.807, 2.05) is 0 Å². The van der Waals surface area contributed by atoms with Crippen LogP contribution >= 0.6 is 0 Å². The Morgan fingerprint density at radius 3 is 2.86 bits per heavy atom. The number of benzene rings is 2. The topological polar surface area (TPSA) is 100 Å². The van der Waals surface area contributed by atoms with Gasteiger partial charge in [-0.05, 0) is 24.3 Å². The number of rotatable bonds is 2. The summed E-state index contributed by atoms with van der Waals surface area (Å²) in [5.41, 5.74) is 1.87. The van der Waals surface area contributed by atoms with Crippen LogP contribution < -0.4 is 0 Å². The number of nitrogens with zero attached hydrogens (tertiary/aromatic N) is 3. The Labute approximate surface area is 121 Å². The number of nitrogens with one attached hydrogen (secondary N) is 2. The first kappa shape index (κ1) is 12.5. The van der Waals surface area contributed by atoms with E-state index in [4.69, 9.17) is 0 Å². The van der Waals surface area contributed by atoms with Crippen LogP contribution in [0.25, 0.3) is 33.5 Å². The lowest BCUT2D eigenvalue weighted by Crippen LogP contribution is -1.90. The summed E-state index contributed by atoms with van der Waals surface area (Å²) < 4.78 is 13.3. The normalized spacial score (nSPS) is 11.3. The first-order valence-electron chi connectivity index (χ1n) is 6.40. The van der Waals surface area contributed by atoms with Gasteiger partial charge in [-0.15, -0.1) is 0 Å². The van der Waals surface area contributed by atoms with Gasteiger partial charge in [0, 0.05) is 6.07 Å². The fourth-order valence-corrected chi connectivity index (χ4v) is 2.47. The molecule has 0 radical (unpaired) electrons. The molecule has 7 nitrogen and oxygen atoms in total. The van der Waals surface area contributed by atoms with E-state index in [1.54, 1.807) is 12.1 Å². The van der Waals surface area contributed by atoms with E-state index in [0.717, 1.165) is 0 Å². The minimum Gasteiger partial charge on any atom is -0.336 e. The maximum Gasteiger partial charge on any atom is 0.281 e. The van der Waals surface area contributed by atoms with Crippen molar-refractivity contribution in [1.29, 1.82) is 0 Å². The zero-order valence-corrected chi connectivity index (χ0v) is 11.0. The number of hydrogen-bond donors (Lipinski definition) is 2. The fraction of sp³-hybridized carbons (Fsp3) is 0. The van der Waals surface area contributed by atoms with Crippen molar-refractivity contribution in [2.75, 3.05) is 0 Å². The Balaban J connectivity index is 2.01. The Bertz CT molecular complexity index is 1040. The van der Waals surface area contributed by atoms with Gasteiger partial charge in [-0.2, -0.15) is 5.10 Å². The van der Waals surface area contributed by atoms with Crippen LogP contribution in [-0.2, 0) is 0 Å². The molecule has 108 valence electrons. The van der Waals surface area contributed by atoms with Crippen LogP contribution in [0.15, 0.2) is 36.4 Å². The van der Waals surface area contributed by atoms with Crippen molar-refractivity contribution in [3.05, 3.63) is 52.3 Å². The summed E-state index contributed by atoms with van der Waals surface area (Å²) >= 11 is 0. The van der Waals surface area contributed by atoms with Crippen LogP contribution in [0.1, 0.15) is 0 Å². The average molecular weight is 297 g/mol. The molecule has 2 aromatic carbocycles. The van der Waals surface area contributed by atoms with Crippen molar-refractivity contribution in [3.8, 4) is 11.5 Å². The monoisotopic (exact) mass is 297 g/mol. The molecule has 2 N–H and O–H groups in total. The Morgan fingerprint density at radius 2 is 2.05 bits per heavy atom. The molecule has 22 heavy (non-hydrogen) atoms. The van der Waals surface area contributed by atoms with Crippen molar-refractivity contribution in [1.82, 2.24) is 20.2 Å². The number of aromatic nitrogens is 4. The van der Waals surface area contributed by atoms with Gasteiger partial charge in [-0.25, -0.2) is 9.37 Å². The molecular formula is C14H8FN5O2. The van der Waals surface area contributed by atoms with Crippen molar-refractivity contribution >= 4 is 27.6 Å². The van der Waals surface area contributed by atoms with Crippen LogP contribution in [0, 0.1) is 15.9 Å². The van der Waals surface area contributed by atoms with Crippen molar-refractivity contribution in [2.24, 2.45) is 0 Å². The third-order valence-corrected chi connectivity index (χ3v) is 3.43. The summed E-state index contributed by atoms with van der Waals surface area (Å²) in [6.07, 6.45) is 0. The van der Waals surface area contributed by atoms with Crippen molar-refractivity contribution in [2.45, 2.75) is 0 Å². The van der Waals surface area contributed by atoms with Gasteiger partial charge in [0.15, 0.2) is 5.82 Å². The molecule has 0 saturated heterocycles. The van der Waals surface area contributed by atoms with Gasteiger partial charge in [-0.3, -0.25) is 15.2 Å². The number of imidazole rings is 1. The molecule has 0 spiro atoms. The zero-order chi connectivity index (χ0) is 15.3. The maximum absolute atomic E-state index is 13.3. The molecular weight excluding hydrogens is 289 g/mol. The van der Waals surface area contributed by atoms with Gasteiger partial charge in [0.25, 0.3) is 5.69 Å². The Hall–Kier alpha value is -3.29. The smallest absolute Gasteiger partial charge is 0.281 e. The summed E-state index contributed by atoms with van der Waals surface area (Å²) in [6.45, 7) is 0. The number of fused-ring (bicyclic) bond motifs is 2. The molecule has 4 aromatic rings. The lowest BCUT2D eigenvalue weighted by molar-refractivity contribution is -0.383. The molecule has 0 aliphatic heterocycles. The number of aromatic amines is 2. The minimum absolute atomic E-state index is 0.0621. The van der Waals surface area contributed by atoms with Gasteiger partial charge < -0.3 is 4.98 Å². The average Bonchev–Trinajstić information content (AvgIpc) is 3.09. The van der Waals surface area contributed by atoms with Gasteiger partial charge in [0.05, 0.1) is 21.5 Å². The molecule has 0 fully saturated rings. The van der Waals surface area contributed by atoms with Crippen molar-refractivity contribution in [3.63, 3.8) is 0 Å². The predicted molar refractivity (Wildman–Crippen MR) is 77.8 cm³/mol. The Kier molecular flexibility index (Phi) is 2.46. The van der Waals surface area contributed by atoms with Gasteiger partial charge in [-0.1, -0.05) is 6.07 Å². The molecule has 0 aliphatic carbocycles. The highest BCUT2D eigenvalue weighted by Crippen LogP contribution is 2.32. The fourth-order valence-electron chi connectivity index (χ4n) is 2.47. The third kappa shape index (κ3) is 1.74. The molecule has 0 bridgehead atoms. The standard InChI is InChI=1S/C14H8FN5O2/c15-7-4-5-8-10(6-7)17-14(16-8)13-12-9(18-19-13)2-1-3-11(12)20(21)22/h1-6H,(H,16,17)(H,18,19). The molecule has 0 unspecified atom stereocenters. The van der Waals surface area contributed by atoms with Gasteiger partial charge >= 0.3 is 0 Å². The number of non-ortho nitro benzene ring substituents is 1. The summed E-state index contributed by atoms with van der Waals surface area (Å²) in [5, 5.41) is 18.4. The number of H-pyrrole nitrogens is 2. The maximum atomic E-state index is 13.3. The highest BCUT2D eigenvalue weighted by Gasteiger charge is 2.21. The number of nitro benzene ring substituents is 1. The highest BCUT2D eigenvalue weighted by molar-refractivity contribution is 5.99. The molecule has 0 aliphatic rings. The van der Waals surface area contributed by atoms with Gasteiger partial charge in [0.2, 0.25) is 0 Å². The van der Waals surface area contributed by atoms with Crippen molar-refractivity contribution < 1.29 is 9.31 Å². The molecule has 0 amide bonds. The number of nitro groups is 1. The SMILES string of the molecule is O=[N+]([O-])c1cccc2[nH]nc(-c3nc4ccc(F)cc4[nH]3)c12. The summed E-state index contributed by atoms with van der Waals surface area (Å²) in [4.78, 5) is 18.0. The van der Waals surface area contributed by atoms with E-state index in [2.05, 4.69) is 20.2 Å². The first-order chi connectivity index (χ1) is 10.6. The van der Waals surface area contributed by atoms with E-state index < -0.39 is 4.92 Å². The van der Waals surface area contributed by atoms with E-state index >= 15 is 0 Å². The van der Waals surface area contributed by atoms with E-state index in [-0.39, 0.29) is 11.5 Å². The van der Waals surface area contributed by atoms with Crippen LogP contribution in [0.3, 0.4) is 0 Å². The number of halogens is 1. The predicted octanol–water partition coefficient (Wildman–Crippen LogP) is 3.15. The van der Waals surface area contributed by atoms with Crippen LogP contribution in [0.4, 0.5) is 10.1 Å². The lowest BCUT2D eigenvalue weighted by atomic mass is 10.1. The van der Waals surface area contributed by atoms with E-state index in [0.29, 0.717) is 33.5 Å². The largest absolute Gasteiger partial charge is 0.336 e. The first-order valence-corrected chi connectivity index (χ1v) is 6.40. The van der Waals surface area contributed by atoms with Crippen LogP contribution in [0.2, 0.25) is 0 Å². The summed E-state index contributed by atoms with van der Waals surface area (Å²) in [7, 11) is 0. The van der Waals surface area contributed by atoms with Crippen LogP contribution in [0.5, 0.6) is 0 Å². The highest BCUT2D eigenvalue weighted by atomic mass is 19.1. The lowest BCUT2D eigenvalue weighted by Gasteiger charge is -1.95. The summed E-state index contributed by atoms with van der Waals surface area (Å²) in [6, 6.07) is 8.84. The molecule has 8 heteroatoms. The second-order valence-electron chi connectivity index (χ2n) is 4.78. The third-order valence-electron chi connectivity index (χ3n) is 3.43. The molecule has 2 aromatic heterocycles. The molecule has 2 heterocycles. The Morgan fingerprint density at radius 1 is 1.18 bits per heavy atom. The zero-order valence-electron chi connectivity index (χ0n) is 11.0.